The molecular formula is C27H21N5O3. The Balaban J connectivity index is 1.72. The quantitative estimate of drug-likeness (QED) is 0.349. The number of nitriles is 1. The van der Waals surface area contributed by atoms with Crippen LogP contribution < -0.4 is 15.0 Å². The van der Waals surface area contributed by atoms with Gasteiger partial charge < -0.3 is 14.0 Å². The number of aryl methyl sites for hydroxylation is 2. The second-order valence-electron chi connectivity index (χ2n) is 7.95. The molecule has 35 heavy (non-hydrogen) atoms. The Labute approximate surface area is 200 Å². The number of ether oxygens (including phenoxy) is 2. The third kappa shape index (κ3) is 3.89. The zero-order valence-electron chi connectivity index (χ0n) is 19.4. The number of methoxy groups -OCH3 is 1. The summed E-state index contributed by atoms with van der Waals surface area (Å²) in [5.74, 6) is 1.69. The fourth-order valence-electron chi connectivity index (χ4n) is 3.93. The van der Waals surface area contributed by atoms with E-state index < -0.39 is 0 Å². The first-order chi connectivity index (χ1) is 17.0. The van der Waals surface area contributed by atoms with E-state index in [4.69, 9.17) is 9.47 Å². The van der Waals surface area contributed by atoms with Crippen LogP contribution in [0.5, 0.6) is 17.4 Å². The average molecular weight is 463 g/mol. The van der Waals surface area contributed by atoms with Crippen LogP contribution in [-0.2, 0) is 7.05 Å². The molecule has 0 aliphatic carbocycles. The number of benzene rings is 2. The number of aromatic nitrogens is 4. The topological polar surface area (TPSA) is 94.4 Å². The lowest BCUT2D eigenvalue weighted by atomic mass is 10.1. The van der Waals surface area contributed by atoms with E-state index in [2.05, 4.69) is 16.0 Å². The average Bonchev–Trinajstić information content (AvgIpc) is 3.21. The lowest BCUT2D eigenvalue weighted by Gasteiger charge is -2.12. The van der Waals surface area contributed by atoms with Crippen molar-refractivity contribution in [1.82, 2.24) is 18.9 Å². The fourth-order valence-corrected chi connectivity index (χ4v) is 3.93. The Kier molecular flexibility index (Phi) is 5.51. The summed E-state index contributed by atoms with van der Waals surface area (Å²) in [5.41, 5.74) is 2.93. The molecule has 0 saturated carbocycles. The Morgan fingerprint density at radius 3 is 2.49 bits per heavy atom. The molecule has 0 radical (unpaired) electrons. The summed E-state index contributed by atoms with van der Waals surface area (Å²) in [6.45, 7) is 1.87. The van der Waals surface area contributed by atoms with Gasteiger partial charge in [-0.25, -0.2) is 4.98 Å². The first kappa shape index (κ1) is 21.9. The number of nitrogens with zero attached hydrogens (tertiary/aromatic N) is 5. The monoisotopic (exact) mass is 463 g/mol. The van der Waals surface area contributed by atoms with Gasteiger partial charge in [-0.2, -0.15) is 10.2 Å². The van der Waals surface area contributed by atoms with Crippen molar-refractivity contribution in [1.29, 1.82) is 5.26 Å². The van der Waals surface area contributed by atoms with E-state index in [1.165, 1.54) is 10.5 Å². The van der Waals surface area contributed by atoms with Gasteiger partial charge >= 0.3 is 0 Å². The van der Waals surface area contributed by atoms with Gasteiger partial charge in [-0.15, -0.1) is 0 Å². The van der Waals surface area contributed by atoms with Crippen LogP contribution in [0.15, 0.2) is 71.7 Å². The first-order valence-corrected chi connectivity index (χ1v) is 10.9. The van der Waals surface area contributed by atoms with Crippen LogP contribution in [0.2, 0.25) is 0 Å². The molecule has 0 atom stereocenters. The molecule has 0 bridgehead atoms. The van der Waals surface area contributed by atoms with E-state index >= 15 is 0 Å². The molecule has 8 heteroatoms. The van der Waals surface area contributed by atoms with E-state index in [1.807, 2.05) is 48.9 Å². The molecule has 8 nitrogen and oxygen atoms in total. The van der Waals surface area contributed by atoms with E-state index in [0.29, 0.717) is 23.0 Å². The minimum absolute atomic E-state index is 0.0981. The molecular weight excluding hydrogens is 442 g/mol. The molecule has 2 aromatic carbocycles. The predicted molar refractivity (Wildman–Crippen MR) is 133 cm³/mol. The fraction of sp³-hybridized carbons (Fsp3) is 0.111. The molecule has 3 heterocycles. The highest BCUT2D eigenvalue weighted by Gasteiger charge is 2.18. The van der Waals surface area contributed by atoms with Crippen molar-refractivity contribution in [2.24, 2.45) is 7.05 Å². The van der Waals surface area contributed by atoms with Gasteiger partial charge in [0.15, 0.2) is 5.82 Å². The summed E-state index contributed by atoms with van der Waals surface area (Å²) in [5, 5.41) is 10.0. The molecule has 5 rings (SSSR count). The molecule has 0 fully saturated rings. The molecule has 0 N–H and O–H groups in total. The number of hydrogen-bond acceptors (Lipinski definition) is 6. The minimum Gasteiger partial charge on any atom is -0.497 e. The molecule has 0 amide bonds. The van der Waals surface area contributed by atoms with E-state index in [9.17, 15) is 10.1 Å². The lowest BCUT2D eigenvalue weighted by molar-refractivity contribution is 0.412. The Hall–Kier alpha value is -4.90. The van der Waals surface area contributed by atoms with Crippen LogP contribution in [0.4, 0.5) is 0 Å². The van der Waals surface area contributed by atoms with E-state index in [0.717, 1.165) is 16.6 Å². The molecule has 0 aliphatic heterocycles. The Morgan fingerprint density at radius 2 is 1.77 bits per heavy atom. The smallest absolute Gasteiger partial charge is 0.269 e. The molecule has 3 aromatic heterocycles. The number of hydrogen-bond donors (Lipinski definition) is 0. The normalized spacial score (nSPS) is 11.5. The summed E-state index contributed by atoms with van der Waals surface area (Å²) in [6, 6.07) is 20.4. The zero-order chi connectivity index (χ0) is 24.5. The zero-order valence-corrected chi connectivity index (χ0v) is 19.4. The second kappa shape index (κ2) is 8.80. The summed E-state index contributed by atoms with van der Waals surface area (Å²) in [7, 11) is 3.41. The third-order valence-corrected chi connectivity index (χ3v) is 5.76. The molecule has 172 valence electrons. The van der Waals surface area contributed by atoms with Gasteiger partial charge in [0, 0.05) is 13.2 Å². The number of imidazole rings is 1. The standard InChI is InChI=1S/C27H21N5O3/c1-17-7-6-14-32-24(17)30-26(35-20-12-10-19(34-3)11-13-20)21(27(32)33)15-18(16-28)25-29-22-8-4-5-9-23(22)31(25)2/h4-15H,1-3H3. The number of pyridine rings is 1. The van der Waals surface area contributed by atoms with Gasteiger partial charge in [0.25, 0.3) is 5.56 Å². The van der Waals surface area contributed by atoms with Gasteiger partial charge in [0.2, 0.25) is 5.88 Å². The SMILES string of the molecule is COc1ccc(Oc2nc3c(C)cccn3c(=O)c2C=C(C#N)c2nc3ccccc3n2C)cc1. The van der Waals surface area contributed by atoms with Crippen LogP contribution in [-0.4, -0.2) is 26.0 Å². The van der Waals surface area contributed by atoms with Crippen molar-refractivity contribution in [3.05, 3.63) is 94.2 Å². The molecule has 0 unspecified atom stereocenters. The highest BCUT2D eigenvalue weighted by molar-refractivity contribution is 5.91. The van der Waals surface area contributed by atoms with Gasteiger partial charge in [-0.3, -0.25) is 9.20 Å². The summed E-state index contributed by atoms with van der Waals surface area (Å²) in [6.07, 6.45) is 3.14. The Bertz CT molecular complexity index is 1710. The van der Waals surface area contributed by atoms with Crippen LogP contribution in [0.1, 0.15) is 17.0 Å². The van der Waals surface area contributed by atoms with E-state index in [-0.39, 0.29) is 22.6 Å². The molecule has 0 aliphatic rings. The number of para-hydroxylation sites is 2. The lowest BCUT2D eigenvalue weighted by Crippen LogP contribution is -2.19. The number of rotatable bonds is 5. The van der Waals surface area contributed by atoms with Crippen molar-refractivity contribution in [2.45, 2.75) is 6.92 Å². The van der Waals surface area contributed by atoms with Crippen LogP contribution in [0, 0.1) is 18.3 Å². The predicted octanol–water partition coefficient (Wildman–Crippen LogP) is 4.75. The van der Waals surface area contributed by atoms with Crippen LogP contribution >= 0.6 is 0 Å². The maximum atomic E-state index is 13.6. The maximum Gasteiger partial charge on any atom is 0.269 e. The van der Waals surface area contributed by atoms with Crippen LogP contribution in [0.25, 0.3) is 28.3 Å². The van der Waals surface area contributed by atoms with Crippen molar-refractivity contribution in [3.8, 4) is 23.4 Å². The highest BCUT2D eigenvalue weighted by Crippen LogP contribution is 2.28. The summed E-state index contributed by atoms with van der Waals surface area (Å²) in [4.78, 5) is 22.8. The number of allylic oxidation sites excluding steroid dienone is 1. The Morgan fingerprint density at radius 1 is 1.03 bits per heavy atom. The minimum atomic E-state index is -0.353. The molecule has 0 spiro atoms. The third-order valence-electron chi connectivity index (χ3n) is 5.76. The number of fused-ring (bicyclic) bond motifs is 2. The van der Waals surface area contributed by atoms with Gasteiger partial charge in [-0.1, -0.05) is 18.2 Å². The van der Waals surface area contributed by atoms with Crippen molar-refractivity contribution in [2.75, 3.05) is 7.11 Å². The second-order valence-corrected chi connectivity index (χ2v) is 7.95. The molecule has 5 aromatic rings. The van der Waals surface area contributed by atoms with Crippen LogP contribution in [0.3, 0.4) is 0 Å². The summed E-state index contributed by atoms with van der Waals surface area (Å²) < 4.78 is 14.5. The van der Waals surface area contributed by atoms with Crippen molar-refractivity contribution >= 4 is 28.3 Å². The first-order valence-electron chi connectivity index (χ1n) is 10.9. The van der Waals surface area contributed by atoms with Gasteiger partial charge in [0.05, 0.1) is 23.7 Å². The highest BCUT2D eigenvalue weighted by atomic mass is 16.5. The van der Waals surface area contributed by atoms with Crippen molar-refractivity contribution < 1.29 is 9.47 Å². The van der Waals surface area contributed by atoms with Gasteiger partial charge in [-0.05, 0) is 61.0 Å². The van der Waals surface area contributed by atoms with Crippen molar-refractivity contribution in [3.63, 3.8) is 0 Å². The maximum absolute atomic E-state index is 13.6. The molecule has 0 saturated heterocycles. The van der Waals surface area contributed by atoms with Gasteiger partial charge in [0.1, 0.15) is 28.8 Å². The van der Waals surface area contributed by atoms with E-state index in [1.54, 1.807) is 43.6 Å². The largest absolute Gasteiger partial charge is 0.497 e. The summed E-state index contributed by atoms with van der Waals surface area (Å²) >= 11 is 0.